The van der Waals surface area contributed by atoms with Gasteiger partial charge in [0.1, 0.15) is 11.2 Å². The number of carbonyl (C=O) groups is 4. The molecule has 0 aliphatic carbocycles. The van der Waals surface area contributed by atoms with Crippen molar-refractivity contribution in [3.63, 3.8) is 0 Å². The van der Waals surface area contributed by atoms with Gasteiger partial charge in [-0.2, -0.15) is 10.2 Å². The Morgan fingerprint density at radius 1 is 0.712 bits per heavy atom. The second kappa shape index (κ2) is 23.2. The Kier molecular flexibility index (Phi) is 18.0. The Morgan fingerprint density at radius 2 is 1.17 bits per heavy atom. The van der Waals surface area contributed by atoms with Crippen LogP contribution in [-0.4, -0.2) is 141 Å². The lowest BCUT2D eigenvalue weighted by atomic mass is 10.1. The normalized spacial score (nSPS) is 19.0. The average molecular weight is 946 g/mol. The number of thioether (sulfide) groups is 2. The molecule has 19 heteroatoms. The Labute approximate surface area is 398 Å². The van der Waals surface area contributed by atoms with Crippen LogP contribution in [0.3, 0.4) is 0 Å². The van der Waals surface area contributed by atoms with Crippen molar-refractivity contribution in [1.29, 1.82) is 0 Å². The molecule has 17 nitrogen and oxygen atoms in total. The Morgan fingerprint density at radius 3 is 1.61 bits per heavy atom. The van der Waals surface area contributed by atoms with Crippen molar-refractivity contribution in [2.45, 2.75) is 113 Å². The summed E-state index contributed by atoms with van der Waals surface area (Å²) >= 11 is 2.83. The molecule has 3 aromatic carbocycles. The van der Waals surface area contributed by atoms with Gasteiger partial charge < -0.3 is 40.6 Å². The standard InChI is InChI=1S/C47H67N11O6S2/c1-10-24-55(9)53-43(66-39-22-15-12-16-23-39)54(8)30-36-26-34(28-56(36)44(61)63-46(2,3)4)50-40(59)32-18-17-19-33(25-32)41(60)51-35-27-37(57(29-35)45(62)64-47(5,6)7)31-58(49)42(52-48)65-38-20-13-11-14-21-38/h11-23,25,34-37H,10,24,26-31,48-49H2,1-9H3,(H,50,59)(H,51,60)/b52-42+,53-43+/t34?,35-,36?,37-/m0/s1. The van der Waals surface area contributed by atoms with E-state index in [9.17, 15) is 19.2 Å². The predicted octanol–water partition coefficient (Wildman–Crippen LogP) is 6.44. The monoisotopic (exact) mass is 945 g/mol. The molecule has 3 aromatic rings. The summed E-state index contributed by atoms with van der Waals surface area (Å²) in [5.74, 6) is 11.4. The Hall–Kier alpha value is -5.66. The number of hydrazine groups is 1. The van der Waals surface area contributed by atoms with Gasteiger partial charge in [0.2, 0.25) is 5.17 Å². The molecular weight excluding hydrogens is 879 g/mol. The highest BCUT2D eigenvalue weighted by Gasteiger charge is 2.41. The summed E-state index contributed by atoms with van der Waals surface area (Å²) < 4.78 is 11.6. The molecule has 2 fully saturated rings. The number of hydrogen-bond donors (Lipinski definition) is 4. The van der Waals surface area contributed by atoms with Crippen LogP contribution in [-0.2, 0) is 9.47 Å². The number of benzene rings is 3. The number of nitrogens with one attached hydrogen (secondary N) is 2. The second-order valence-corrected chi connectivity index (χ2v) is 20.6. The number of ether oxygens (including phenoxy) is 2. The number of amides is 4. The molecule has 6 N–H and O–H groups in total. The summed E-state index contributed by atoms with van der Waals surface area (Å²) in [6, 6.07) is 24.3. The summed E-state index contributed by atoms with van der Waals surface area (Å²) in [7, 11) is 3.90. The molecule has 358 valence electrons. The van der Waals surface area contributed by atoms with Gasteiger partial charge in [-0.15, -0.1) is 0 Å². The van der Waals surface area contributed by atoms with Crippen LogP contribution in [0.15, 0.2) is 105 Å². The molecule has 0 saturated carbocycles. The van der Waals surface area contributed by atoms with Gasteiger partial charge in [0.25, 0.3) is 11.8 Å². The minimum absolute atomic E-state index is 0.165. The zero-order chi connectivity index (χ0) is 48.2. The lowest BCUT2D eigenvalue weighted by Crippen LogP contribution is -2.48. The van der Waals surface area contributed by atoms with E-state index in [1.807, 2.05) is 105 Å². The number of carbonyl (C=O) groups excluding carboxylic acids is 4. The number of likely N-dealkylation sites (N-methyl/N-ethyl adjacent to an activating group) is 1. The highest BCUT2D eigenvalue weighted by Crippen LogP contribution is 2.28. The van der Waals surface area contributed by atoms with Crippen LogP contribution in [0, 0.1) is 0 Å². The Balaban J connectivity index is 1.27. The third-order valence-corrected chi connectivity index (χ3v) is 12.5. The summed E-state index contributed by atoms with van der Waals surface area (Å²) in [6.45, 7) is 14.7. The summed E-state index contributed by atoms with van der Waals surface area (Å²) in [4.78, 5) is 62.1. The molecule has 66 heavy (non-hydrogen) atoms. The smallest absolute Gasteiger partial charge is 0.410 e. The molecule has 2 saturated heterocycles. The first-order valence-electron chi connectivity index (χ1n) is 22.2. The summed E-state index contributed by atoms with van der Waals surface area (Å²) in [6.07, 6.45) is 0.759. The van der Waals surface area contributed by atoms with Crippen molar-refractivity contribution in [2.24, 2.45) is 21.9 Å². The fourth-order valence-electron chi connectivity index (χ4n) is 7.56. The van der Waals surface area contributed by atoms with Crippen LogP contribution in [0.25, 0.3) is 0 Å². The summed E-state index contributed by atoms with van der Waals surface area (Å²) in [5.41, 5.74) is -0.932. The van der Waals surface area contributed by atoms with E-state index in [0.29, 0.717) is 24.6 Å². The molecule has 0 aromatic heterocycles. The van der Waals surface area contributed by atoms with Crippen LogP contribution in [0.1, 0.15) is 88.4 Å². The fourth-order valence-corrected chi connectivity index (χ4v) is 9.22. The van der Waals surface area contributed by atoms with E-state index < -0.39 is 47.4 Å². The SMILES string of the molecule is CCCN(C)/N=C(/Sc1ccccc1)N(C)CC1CC(NC(=O)c2cccc(C(=O)N[C@H]3C[C@@H](CN(N)/C(=N\N)Sc4ccccc4)N(C(=O)OC(C)(C)C)C3)c2)CN1C(=O)OC(C)(C)C. The molecule has 5 rings (SSSR count). The van der Waals surface area contributed by atoms with Crippen molar-refractivity contribution >= 4 is 57.9 Å². The van der Waals surface area contributed by atoms with Gasteiger partial charge in [-0.3, -0.25) is 19.6 Å². The molecule has 2 heterocycles. The maximum atomic E-state index is 13.9. The number of nitrogens with zero attached hydrogens (tertiary/aromatic N) is 7. The predicted molar refractivity (Wildman–Crippen MR) is 262 cm³/mol. The first-order chi connectivity index (χ1) is 31.2. The highest BCUT2D eigenvalue weighted by atomic mass is 32.2. The largest absolute Gasteiger partial charge is 0.444 e. The molecular formula is C47H67N11O6S2. The quantitative estimate of drug-likeness (QED) is 0.0480. The minimum atomic E-state index is -0.756. The van der Waals surface area contributed by atoms with Crippen LogP contribution in [0.4, 0.5) is 9.59 Å². The molecule has 4 amide bonds. The summed E-state index contributed by atoms with van der Waals surface area (Å²) in [5, 5.41) is 19.4. The van der Waals surface area contributed by atoms with Gasteiger partial charge in [0.05, 0.1) is 18.6 Å². The van der Waals surface area contributed by atoms with Crippen molar-refractivity contribution < 1.29 is 28.7 Å². The highest BCUT2D eigenvalue weighted by molar-refractivity contribution is 8.14. The number of rotatable bonds is 13. The Bertz CT molecular complexity index is 2170. The number of hydrogen-bond acceptors (Lipinski definition) is 13. The number of hydrazone groups is 2. The molecule has 0 spiro atoms. The lowest BCUT2D eigenvalue weighted by molar-refractivity contribution is 0.0200. The average Bonchev–Trinajstić information content (AvgIpc) is 3.85. The van der Waals surface area contributed by atoms with Crippen molar-refractivity contribution in [2.75, 3.05) is 46.8 Å². The van der Waals surface area contributed by atoms with Gasteiger partial charge in [-0.25, -0.2) is 15.4 Å². The molecule has 2 unspecified atom stereocenters. The van der Waals surface area contributed by atoms with Crippen molar-refractivity contribution in [1.82, 2.24) is 35.4 Å². The van der Waals surface area contributed by atoms with Crippen LogP contribution < -0.4 is 22.3 Å². The van der Waals surface area contributed by atoms with E-state index >= 15 is 0 Å². The number of nitrogens with two attached hydrogens (primary N) is 2. The number of amidine groups is 2. The van der Waals surface area contributed by atoms with Gasteiger partial charge >= 0.3 is 12.2 Å². The van der Waals surface area contributed by atoms with E-state index in [0.717, 1.165) is 27.9 Å². The van der Waals surface area contributed by atoms with Crippen LogP contribution >= 0.6 is 23.5 Å². The first-order valence-corrected chi connectivity index (χ1v) is 23.8. The van der Waals surface area contributed by atoms with E-state index in [1.54, 1.807) is 60.5 Å². The lowest BCUT2D eigenvalue weighted by Gasteiger charge is -2.32. The topological polar surface area (TPSA) is 204 Å². The molecule has 2 aliphatic heterocycles. The van der Waals surface area contributed by atoms with E-state index in [-0.39, 0.29) is 42.7 Å². The molecule has 0 radical (unpaired) electrons. The third kappa shape index (κ3) is 15.5. The van der Waals surface area contributed by atoms with Gasteiger partial charge in [0, 0.05) is 73.3 Å². The zero-order valence-electron chi connectivity index (χ0n) is 39.6. The van der Waals surface area contributed by atoms with Gasteiger partial charge in [0.15, 0.2) is 5.17 Å². The van der Waals surface area contributed by atoms with Crippen LogP contribution in [0.5, 0.6) is 0 Å². The minimum Gasteiger partial charge on any atom is -0.444 e. The number of likely N-dealkylation sites (tertiary alicyclic amines) is 2. The fraction of sp³-hybridized carbons (Fsp3) is 0.489. The maximum absolute atomic E-state index is 13.9. The second-order valence-electron chi connectivity index (χ2n) is 18.5. The van der Waals surface area contributed by atoms with E-state index in [1.165, 1.54) is 22.8 Å². The van der Waals surface area contributed by atoms with Crippen molar-refractivity contribution in [3.8, 4) is 0 Å². The first kappa shape index (κ1) is 51.3. The molecule has 2 aliphatic rings. The third-order valence-electron chi connectivity index (χ3n) is 10.4. The van der Waals surface area contributed by atoms with E-state index in [4.69, 9.17) is 26.3 Å². The molecule has 4 atom stereocenters. The van der Waals surface area contributed by atoms with E-state index in [2.05, 4.69) is 22.7 Å². The zero-order valence-corrected chi connectivity index (χ0v) is 41.2. The van der Waals surface area contributed by atoms with Crippen molar-refractivity contribution in [3.05, 3.63) is 96.1 Å². The maximum Gasteiger partial charge on any atom is 0.410 e. The molecule has 0 bridgehead atoms. The van der Waals surface area contributed by atoms with Crippen LogP contribution in [0.2, 0.25) is 0 Å². The van der Waals surface area contributed by atoms with Gasteiger partial charge in [-0.05, 0) is 115 Å². The van der Waals surface area contributed by atoms with Gasteiger partial charge in [-0.1, -0.05) is 61.2 Å².